The standard InChI is InChI=1S/C20H17ClF4N4O/c1-11(2)26-19-27-16(12-5-3-6-13(9-12)30-20(23,24)25)10-17(29-19)28-18-14(21)7-4-8-15(18)22/h3-11H,1-2H3,(H2,26,27,28,29). The minimum absolute atomic E-state index is 0.0217. The molecule has 158 valence electrons. The van der Waals surface area contributed by atoms with Crippen LogP contribution in [0.4, 0.5) is 35.0 Å². The molecule has 0 saturated heterocycles. The third-order valence-electron chi connectivity index (χ3n) is 3.72. The summed E-state index contributed by atoms with van der Waals surface area (Å²) >= 11 is 6.06. The molecule has 0 atom stereocenters. The largest absolute Gasteiger partial charge is 0.573 e. The lowest BCUT2D eigenvalue weighted by Gasteiger charge is -2.15. The zero-order valence-corrected chi connectivity index (χ0v) is 16.6. The molecule has 0 amide bonds. The highest BCUT2D eigenvalue weighted by atomic mass is 35.5. The Labute approximate surface area is 175 Å². The fourth-order valence-corrected chi connectivity index (χ4v) is 2.79. The predicted octanol–water partition coefficient (Wildman–Crippen LogP) is 6.40. The van der Waals surface area contributed by atoms with Gasteiger partial charge in [0.2, 0.25) is 5.95 Å². The van der Waals surface area contributed by atoms with Gasteiger partial charge in [0.15, 0.2) is 0 Å². The van der Waals surface area contributed by atoms with Crippen molar-refractivity contribution in [3.8, 4) is 17.0 Å². The molecule has 1 heterocycles. The number of anilines is 3. The van der Waals surface area contributed by atoms with Crippen molar-refractivity contribution < 1.29 is 22.3 Å². The maximum Gasteiger partial charge on any atom is 0.573 e. The second-order valence-electron chi connectivity index (χ2n) is 6.56. The third kappa shape index (κ3) is 5.73. The number of alkyl halides is 3. The number of nitrogens with zero attached hydrogens (tertiary/aromatic N) is 2. The predicted molar refractivity (Wildman–Crippen MR) is 108 cm³/mol. The van der Waals surface area contributed by atoms with Crippen molar-refractivity contribution in [3.63, 3.8) is 0 Å². The second-order valence-corrected chi connectivity index (χ2v) is 6.97. The third-order valence-corrected chi connectivity index (χ3v) is 4.04. The van der Waals surface area contributed by atoms with Gasteiger partial charge in [-0.1, -0.05) is 29.8 Å². The van der Waals surface area contributed by atoms with Crippen LogP contribution in [-0.4, -0.2) is 22.4 Å². The lowest BCUT2D eigenvalue weighted by Crippen LogP contribution is -2.17. The van der Waals surface area contributed by atoms with Crippen molar-refractivity contribution in [2.24, 2.45) is 0 Å². The van der Waals surface area contributed by atoms with Gasteiger partial charge in [-0.15, -0.1) is 13.2 Å². The number of nitrogens with one attached hydrogen (secondary N) is 2. The Morgan fingerprint density at radius 3 is 2.43 bits per heavy atom. The summed E-state index contributed by atoms with van der Waals surface area (Å²) in [4.78, 5) is 8.63. The van der Waals surface area contributed by atoms with E-state index in [2.05, 4.69) is 25.3 Å². The van der Waals surface area contributed by atoms with Gasteiger partial charge in [0.05, 0.1) is 16.4 Å². The van der Waals surface area contributed by atoms with Crippen molar-refractivity contribution in [1.29, 1.82) is 0 Å². The minimum Gasteiger partial charge on any atom is -0.406 e. The SMILES string of the molecule is CC(C)Nc1nc(Nc2c(F)cccc2Cl)cc(-c2cccc(OC(F)(F)F)c2)n1. The first-order chi connectivity index (χ1) is 14.1. The van der Waals surface area contributed by atoms with E-state index in [4.69, 9.17) is 11.6 Å². The maximum atomic E-state index is 14.2. The van der Waals surface area contributed by atoms with Crippen LogP contribution in [0.25, 0.3) is 11.3 Å². The number of hydrogen-bond acceptors (Lipinski definition) is 5. The molecule has 1 aromatic heterocycles. The Bertz CT molecular complexity index is 1020. The van der Waals surface area contributed by atoms with Crippen molar-refractivity contribution in [3.05, 3.63) is 59.4 Å². The van der Waals surface area contributed by atoms with E-state index in [1.54, 1.807) is 6.07 Å². The summed E-state index contributed by atoms with van der Waals surface area (Å²) in [6, 6.07) is 11.0. The van der Waals surface area contributed by atoms with Crippen LogP contribution < -0.4 is 15.4 Å². The lowest BCUT2D eigenvalue weighted by molar-refractivity contribution is -0.274. The summed E-state index contributed by atoms with van der Waals surface area (Å²) < 4.78 is 55.8. The summed E-state index contributed by atoms with van der Waals surface area (Å²) in [6.45, 7) is 3.74. The molecule has 2 N–H and O–H groups in total. The van der Waals surface area contributed by atoms with Gasteiger partial charge in [0, 0.05) is 17.7 Å². The van der Waals surface area contributed by atoms with Crippen LogP contribution in [0, 0.1) is 5.82 Å². The Morgan fingerprint density at radius 1 is 1.03 bits per heavy atom. The highest BCUT2D eigenvalue weighted by molar-refractivity contribution is 6.33. The normalized spacial score (nSPS) is 11.5. The van der Waals surface area contributed by atoms with E-state index in [0.717, 1.165) is 0 Å². The number of hydrogen-bond donors (Lipinski definition) is 2. The van der Waals surface area contributed by atoms with Crippen LogP contribution in [-0.2, 0) is 0 Å². The van der Waals surface area contributed by atoms with E-state index in [1.165, 1.54) is 42.5 Å². The topological polar surface area (TPSA) is 59.1 Å². The van der Waals surface area contributed by atoms with Crippen LogP contribution in [0.5, 0.6) is 5.75 Å². The number of para-hydroxylation sites is 1. The number of aromatic nitrogens is 2. The van der Waals surface area contributed by atoms with E-state index in [-0.39, 0.29) is 34.3 Å². The van der Waals surface area contributed by atoms with Crippen molar-refractivity contribution >= 4 is 29.1 Å². The van der Waals surface area contributed by atoms with E-state index < -0.39 is 12.2 Å². The number of ether oxygens (including phenoxy) is 1. The first kappa shape index (κ1) is 21.6. The van der Waals surface area contributed by atoms with Gasteiger partial charge in [-0.25, -0.2) is 9.37 Å². The van der Waals surface area contributed by atoms with Crippen molar-refractivity contribution in [2.45, 2.75) is 26.3 Å². The Kier molecular flexibility index (Phi) is 6.31. The smallest absolute Gasteiger partial charge is 0.406 e. The number of benzene rings is 2. The summed E-state index contributed by atoms with van der Waals surface area (Å²) in [5, 5.41) is 5.98. The molecule has 3 aromatic rings. The highest BCUT2D eigenvalue weighted by Crippen LogP contribution is 2.31. The Balaban J connectivity index is 2.02. The molecule has 5 nitrogen and oxygen atoms in total. The van der Waals surface area contributed by atoms with E-state index in [1.807, 2.05) is 13.8 Å². The average molecular weight is 441 g/mol. The summed E-state index contributed by atoms with van der Waals surface area (Å²) in [5.74, 6) is -0.554. The lowest BCUT2D eigenvalue weighted by atomic mass is 10.1. The van der Waals surface area contributed by atoms with Crippen LogP contribution in [0.15, 0.2) is 48.5 Å². The van der Waals surface area contributed by atoms with Crippen LogP contribution in [0.2, 0.25) is 5.02 Å². The summed E-state index contributed by atoms with van der Waals surface area (Å²) in [6.07, 6.45) is -4.82. The molecule has 0 bridgehead atoms. The monoisotopic (exact) mass is 440 g/mol. The van der Waals surface area contributed by atoms with Gasteiger partial charge < -0.3 is 15.4 Å². The minimum atomic E-state index is -4.82. The fraction of sp³-hybridized carbons (Fsp3) is 0.200. The number of rotatable bonds is 6. The molecule has 0 aliphatic carbocycles. The molecular formula is C20H17ClF4N4O. The average Bonchev–Trinajstić information content (AvgIpc) is 2.63. The molecule has 0 radical (unpaired) electrons. The summed E-state index contributed by atoms with van der Waals surface area (Å²) in [7, 11) is 0. The Morgan fingerprint density at radius 2 is 1.77 bits per heavy atom. The van der Waals surface area contributed by atoms with Gasteiger partial charge in [0.25, 0.3) is 0 Å². The molecule has 3 rings (SSSR count). The van der Waals surface area contributed by atoms with Crippen LogP contribution in [0.1, 0.15) is 13.8 Å². The molecule has 0 saturated carbocycles. The van der Waals surface area contributed by atoms with E-state index >= 15 is 0 Å². The first-order valence-corrected chi connectivity index (χ1v) is 9.21. The van der Waals surface area contributed by atoms with Crippen molar-refractivity contribution in [1.82, 2.24) is 9.97 Å². The zero-order valence-electron chi connectivity index (χ0n) is 15.9. The first-order valence-electron chi connectivity index (χ1n) is 8.83. The van der Waals surface area contributed by atoms with Gasteiger partial charge in [-0.2, -0.15) is 4.98 Å². The molecule has 0 unspecified atom stereocenters. The van der Waals surface area contributed by atoms with Crippen LogP contribution in [0.3, 0.4) is 0 Å². The number of halogens is 5. The van der Waals surface area contributed by atoms with Gasteiger partial charge in [-0.3, -0.25) is 0 Å². The molecule has 0 fully saturated rings. The summed E-state index contributed by atoms with van der Waals surface area (Å²) in [5.41, 5.74) is 0.679. The maximum absolute atomic E-state index is 14.2. The fourth-order valence-electron chi connectivity index (χ4n) is 2.58. The molecule has 10 heteroatoms. The molecule has 30 heavy (non-hydrogen) atoms. The van der Waals surface area contributed by atoms with E-state index in [0.29, 0.717) is 11.3 Å². The zero-order chi connectivity index (χ0) is 21.9. The van der Waals surface area contributed by atoms with Crippen molar-refractivity contribution in [2.75, 3.05) is 10.6 Å². The molecule has 2 aromatic carbocycles. The second kappa shape index (κ2) is 8.74. The molecule has 0 aliphatic rings. The van der Waals surface area contributed by atoms with Crippen LogP contribution >= 0.6 is 11.6 Å². The van der Waals surface area contributed by atoms with Gasteiger partial charge in [0.1, 0.15) is 17.4 Å². The van der Waals surface area contributed by atoms with Gasteiger partial charge >= 0.3 is 6.36 Å². The Hall–Kier alpha value is -3.07. The quantitative estimate of drug-likeness (QED) is 0.434. The van der Waals surface area contributed by atoms with Gasteiger partial charge in [-0.05, 0) is 38.1 Å². The highest BCUT2D eigenvalue weighted by Gasteiger charge is 2.31. The molecule has 0 spiro atoms. The molecule has 0 aliphatic heterocycles. The van der Waals surface area contributed by atoms with E-state index in [9.17, 15) is 17.6 Å². The molecular weight excluding hydrogens is 424 g/mol.